The third kappa shape index (κ3) is 2.98. The molecule has 0 radical (unpaired) electrons. The van der Waals surface area contributed by atoms with Gasteiger partial charge in [0.1, 0.15) is 13.2 Å². The molecule has 0 aromatic heterocycles. The number of benzene rings is 1. The number of carbonyl (C=O) groups excluding carboxylic acids is 1. The van der Waals surface area contributed by atoms with Crippen LogP contribution in [0.4, 0.5) is 0 Å². The highest BCUT2D eigenvalue weighted by molar-refractivity contribution is 5.77. The average molecular weight is 262 g/mol. The second kappa shape index (κ2) is 5.09. The molecule has 1 aromatic rings. The molecule has 3 N–H and O–H groups in total. The largest absolute Gasteiger partial charge is 0.486 e. The maximum absolute atomic E-state index is 11.7. The molecule has 1 atom stereocenters. The molecular formula is C14H18N2O3. The van der Waals surface area contributed by atoms with Gasteiger partial charge in [0, 0.05) is 18.5 Å². The zero-order valence-corrected chi connectivity index (χ0v) is 10.7. The first-order valence-corrected chi connectivity index (χ1v) is 6.67. The van der Waals surface area contributed by atoms with Gasteiger partial charge in [0.15, 0.2) is 11.5 Å². The van der Waals surface area contributed by atoms with E-state index in [1.165, 1.54) is 0 Å². The van der Waals surface area contributed by atoms with E-state index in [4.69, 9.17) is 15.2 Å². The lowest BCUT2D eigenvalue weighted by molar-refractivity contribution is -0.121. The summed E-state index contributed by atoms with van der Waals surface area (Å²) in [7, 11) is 0. The van der Waals surface area contributed by atoms with E-state index in [1.54, 1.807) is 0 Å². The van der Waals surface area contributed by atoms with Crippen molar-refractivity contribution in [3.63, 3.8) is 0 Å². The zero-order chi connectivity index (χ0) is 13.2. The lowest BCUT2D eigenvalue weighted by Gasteiger charge is -2.20. The van der Waals surface area contributed by atoms with Gasteiger partial charge in [-0.3, -0.25) is 4.79 Å². The highest BCUT2D eigenvalue weighted by atomic mass is 16.6. The summed E-state index contributed by atoms with van der Waals surface area (Å²) in [6, 6.07) is 5.67. The summed E-state index contributed by atoms with van der Waals surface area (Å²) in [5.74, 6) is 1.47. The van der Waals surface area contributed by atoms with Crippen molar-refractivity contribution in [3.05, 3.63) is 23.8 Å². The maximum atomic E-state index is 11.7. The van der Waals surface area contributed by atoms with Crippen LogP contribution in [0.5, 0.6) is 11.5 Å². The molecule has 1 saturated carbocycles. The number of ether oxygens (including phenoxy) is 2. The van der Waals surface area contributed by atoms with E-state index in [1.807, 2.05) is 18.2 Å². The maximum Gasteiger partial charge on any atom is 0.222 e. The van der Waals surface area contributed by atoms with Crippen molar-refractivity contribution in [3.8, 4) is 11.5 Å². The molecule has 0 saturated heterocycles. The Bertz CT molecular complexity index is 486. The SMILES string of the molecule is NC(CC(=O)NC1CC1)c1ccc2c(c1)OCCO2. The van der Waals surface area contributed by atoms with Gasteiger partial charge in [-0.05, 0) is 30.5 Å². The smallest absolute Gasteiger partial charge is 0.222 e. The van der Waals surface area contributed by atoms with E-state index in [-0.39, 0.29) is 11.9 Å². The van der Waals surface area contributed by atoms with Crippen molar-refractivity contribution in [2.75, 3.05) is 13.2 Å². The van der Waals surface area contributed by atoms with Gasteiger partial charge < -0.3 is 20.5 Å². The minimum Gasteiger partial charge on any atom is -0.486 e. The fourth-order valence-corrected chi connectivity index (χ4v) is 2.12. The summed E-state index contributed by atoms with van der Waals surface area (Å²) in [6.45, 7) is 1.12. The van der Waals surface area contributed by atoms with Crippen LogP contribution in [0.25, 0.3) is 0 Å². The Balaban J connectivity index is 1.65. The second-order valence-electron chi connectivity index (χ2n) is 5.06. The van der Waals surface area contributed by atoms with Crippen LogP contribution < -0.4 is 20.5 Å². The molecule has 5 heteroatoms. The van der Waals surface area contributed by atoms with Gasteiger partial charge in [0.05, 0.1) is 0 Å². The quantitative estimate of drug-likeness (QED) is 0.853. The molecule has 1 fully saturated rings. The lowest BCUT2D eigenvalue weighted by Crippen LogP contribution is -2.29. The van der Waals surface area contributed by atoms with Crippen LogP contribution in [0.3, 0.4) is 0 Å². The van der Waals surface area contributed by atoms with E-state index in [2.05, 4.69) is 5.32 Å². The van der Waals surface area contributed by atoms with Gasteiger partial charge in [-0.2, -0.15) is 0 Å². The average Bonchev–Trinajstić information content (AvgIpc) is 3.21. The Morgan fingerprint density at radius 1 is 1.32 bits per heavy atom. The minimum atomic E-state index is -0.311. The minimum absolute atomic E-state index is 0.0184. The van der Waals surface area contributed by atoms with Crippen molar-refractivity contribution in [1.82, 2.24) is 5.32 Å². The van der Waals surface area contributed by atoms with Gasteiger partial charge in [-0.15, -0.1) is 0 Å². The van der Waals surface area contributed by atoms with Crippen LogP contribution in [0.15, 0.2) is 18.2 Å². The number of hydrogen-bond acceptors (Lipinski definition) is 4. The predicted octanol–water partition coefficient (Wildman–Crippen LogP) is 1.13. The van der Waals surface area contributed by atoms with E-state index in [9.17, 15) is 4.79 Å². The Labute approximate surface area is 112 Å². The Hall–Kier alpha value is -1.75. The van der Waals surface area contributed by atoms with Crippen molar-refractivity contribution in [2.45, 2.75) is 31.3 Å². The summed E-state index contributed by atoms with van der Waals surface area (Å²) >= 11 is 0. The molecule has 2 aliphatic rings. The van der Waals surface area contributed by atoms with Crippen LogP contribution in [0, 0.1) is 0 Å². The number of nitrogens with one attached hydrogen (secondary N) is 1. The Morgan fingerprint density at radius 2 is 2.05 bits per heavy atom. The fraction of sp³-hybridized carbons (Fsp3) is 0.500. The summed E-state index contributed by atoms with van der Waals surface area (Å²) < 4.78 is 11.0. The number of rotatable bonds is 4. The van der Waals surface area contributed by atoms with Crippen molar-refractivity contribution in [1.29, 1.82) is 0 Å². The van der Waals surface area contributed by atoms with E-state index in [0.717, 1.165) is 24.2 Å². The van der Waals surface area contributed by atoms with Gasteiger partial charge in [-0.25, -0.2) is 0 Å². The molecule has 3 rings (SSSR count). The monoisotopic (exact) mass is 262 g/mol. The molecule has 19 heavy (non-hydrogen) atoms. The summed E-state index contributed by atoms with van der Waals surface area (Å²) in [6.07, 6.45) is 2.48. The molecule has 0 bridgehead atoms. The topological polar surface area (TPSA) is 73.6 Å². The van der Waals surface area contributed by atoms with Crippen LogP contribution in [-0.4, -0.2) is 25.2 Å². The molecule has 5 nitrogen and oxygen atoms in total. The number of fused-ring (bicyclic) bond motifs is 1. The number of nitrogens with two attached hydrogens (primary N) is 1. The molecule has 1 amide bonds. The molecular weight excluding hydrogens is 244 g/mol. The number of hydrogen-bond donors (Lipinski definition) is 2. The molecule has 1 aromatic carbocycles. The molecule has 0 spiro atoms. The van der Waals surface area contributed by atoms with Gasteiger partial charge >= 0.3 is 0 Å². The standard InChI is InChI=1S/C14H18N2O3/c15-11(8-14(17)16-10-2-3-10)9-1-4-12-13(7-9)19-6-5-18-12/h1,4,7,10-11H,2-3,5-6,8,15H2,(H,16,17). The third-order valence-corrected chi connectivity index (χ3v) is 3.34. The van der Waals surface area contributed by atoms with Crippen LogP contribution >= 0.6 is 0 Å². The van der Waals surface area contributed by atoms with Gasteiger partial charge in [0.2, 0.25) is 5.91 Å². The molecule has 1 aliphatic heterocycles. The fourth-order valence-electron chi connectivity index (χ4n) is 2.12. The lowest BCUT2D eigenvalue weighted by atomic mass is 10.0. The van der Waals surface area contributed by atoms with Crippen molar-refractivity contribution < 1.29 is 14.3 Å². The van der Waals surface area contributed by atoms with Gasteiger partial charge in [0.25, 0.3) is 0 Å². The molecule has 1 aliphatic carbocycles. The van der Waals surface area contributed by atoms with E-state index in [0.29, 0.717) is 31.4 Å². The highest BCUT2D eigenvalue weighted by Gasteiger charge is 2.24. The Morgan fingerprint density at radius 3 is 2.79 bits per heavy atom. The highest BCUT2D eigenvalue weighted by Crippen LogP contribution is 2.32. The summed E-state index contributed by atoms with van der Waals surface area (Å²) in [4.78, 5) is 11.7. The van der Waals surface area contributed by atoms with E-state index < -0.39 is 0 Å². The first kappa shape index (κ1) is 12.3. The Kier molecular flexibility index (Phi) is 3.29. The van der Waals surface area contributed by atoms with Crippen LogP contribution in [-0.2, 0) is 4.79 Å². The second-order valence-corrected chi connectivity index (χ2v) is 5.06. The van der Waals surface area contributed by atoms with Crippen LogP contribution in [0.1, 0.15) is 30.9 Å². The first-order chi connectivity index (χ1) is 9.22. The molecule has 102 valence electrons. The third-order valence-electron chi connectivity index (χ3n) is 3.34. The van der Waals surface area contributed by atoms with Crippen molar-refractivity contribution in [2.24, 2.45) is 5.73 Å². The molecule has 1 unspecified atom stereocenters. The number of carbonyl (C=O) groups is 1. The van der Waals surface area contributed by atoms with Crippen LogP contribution in [0.2, 0.25) is 0 Å². The summed E-state index contributed by atoms with van der Waals surface area (Å²) in [5, 5.41) is 2.94. The first-order valence-electron chi connectivity index (χ1n) is 6.67. The summed E-state index contributed by atoms with van der Waals surface area (Å²) in [5.41, 5.74) is 6.97. The van der Waals surface area contributed by atoms with Gasteiger partial charge in [-0.1, -0.05) is 6.07 Å². The normalized spacial score (nSPS) is 18.8. The number of amides is 1. The predicted molar refractivity (Wildman–Crippen MR) is 70.1 cm³/mol. The van der Waals surface area contributed by atoms with E-state index >= 15 is 0 Å². The zero-order valence-electron chi connectivity index (χ0n) is 10.7. The molecule has 1 heterocycles. The van der Waals surface area contributed by atoms with Crippen molar-refractivity contribution >= 4 is 5.91 Å².